The Morgan fingerprint density at radius 2 is 2.10 bits per heavy atom. The van der Waals surface area contributed by atoms with Gasteiger partial charge in [0, 0.05) is 0 Å². The molecule has 0 bridgehead atoms. The molecule has 57 valence electrons. The van der Waals surface area contributed by atoms with Crippen LogP contribution in [-0.2, 0) is 0 Å². The first-order chi connectivity index (χ1) is 4.20. The van der Waals surface area contributed by atoms with Crippen LogP contribution in [0.25, 0.3) is 0 Å². The van der Waals surface area contributed by atoms with Crippen LogP contribution in [0.1, 0.15) is 20.3 Å². The average molecular weight is 364 g/mol. The standard InChI is InChI=1S/C8H16N.U/c1-4-7(2)5-8(3)6-9;/h5-8H,2,4,9H2,1,3H3;/q-3;+3/t7?,8-;/m1./s1. The maximum atomic E-state index is 5.29. The van der Waals surface area contributed by atoms with E-state index in [0.717, 1.165) is 6.42 Å². The Morgan fingerprint density at radius 3 is 2.40 bits per heavy atom. The molecule has 10 heavy (non-hydrogen) atoms. The SMILES string of the molecule is [CH2-]C([CH-][C@@H](C)[CH-]N)CC.[U+3]. The Balaban J connectivity index is 0. The molecule has 0 spiro atoms. The van der Waals surface area contributed by atoms with Crippen molar-refractivity contribution >= 4 is 0 Å². The maximum absolute atomic E-state index is 5.29. The summed E-state index contributed by atoms with van der Waals surface area (Å²) >= 11 is 0. The van der Waals surface area contributed by atoms with Crippen LogP contribution in [-0.4, -0.2) is 0 Å². The topological polar surface area (TPSA) is 26.0 Å². The van der Waals surface area contributed by atoms with Crippen molar-refractivity contribution in [2.24, 2.45) is 17.6 Å². The van der Waals surface area contributed by atoms with E-state index >= 15 is 0 Å². The van der Waals surface area contributed by atoms with Crippen LogP contribution in [0, 0.1) is 62.8 Å². The summed E-state index contributed by atoms with van der Waals surface area (Å²) in [6, 6.07) is 0. The first-order valence-electron chi connectivity index (χ1n) is 3.43. The van der Waals surface area contributed by atoms with Gasteiger partial charge in [0.25, 0.3) is 0 Å². The molecule has 0 amide bonds. The fourth-order valence-corrected chi connectivity index (χ4v) is 0.630. The molecule has 0 aliphatic carbocycles. The molecule has 0 aromatic carbocycles. The average Bonchev–Trinajstić information content (AvgIpc) is 1.87. The summed E-state index contributed by atoms with van der Waals surface area (Å²) in [5.41, 5.74) is 5.29. The van der Waals surface area contributed by atoms with Gasteiger partial charge in [0.1, 0.15) is 0 Å². The molecule has 1 unspecified atom stereocenters. The van der Waals surface area contributed by atoms with E-state index in [0.29, 0.717) is 11.8 Å². The van der Waals surface area contributed by atoms with Gasteiger partial charge < -0.3 is 25.0 Å². The van der Waals surface area contributed by atoms with E-state index in [9.17, 15) is 0 Å². The summed E-state index contributed by atoms with van der Waals surface area (Å²) in [6.07, 6.45) is 3.25. The summed E-state index contributed by atoms with van der Waals surface area (Å²) in [7, 11) is 0. The quantitative estimate of drug-likeness (QED) is 0.757. The van der Waals surface area contributed by atoms with E-state index in [1.54, 1.807) is 6.54 Å². The third kappa shape index (κ3) is 7.12. The molecular weight excluding hydrogens is 348 g/mol. The van der Waals surface area contributed by atoms with E-state index in [2.05, 4.69) is 27.2 Å². The molecule has 0 fully saturated rings. The van der Waals surface area contributed by atoms with Gasteiger partial charge in [0.15, 0.2) is 0 Å². The van der Waals surface area contributed by atoms with Crippen molar-refractivity contribution in [2.45, 2.75) is 20.3 Å². The van der Waals surface area contributed by atoms with Gasteiger partial charge in [-0.15, -0.1) is 13.3 Å². The predicted molar refractivity (Wildman–Crippen MR) is 41.1 cm³/mol. The number of rotatable bonds is 4. The van der Waals surface area contributed by atoms with Gasteiger partial charge in [-0.3, -0.25) is 12.5 Å². The molecule has 2 N–H and O–H groups in total. The van der Waals surface area contributed by atoms with E-state index in [-0.39, 0.29) is 31.1 Å². The van der Waals surface area contributed by atoms with Gasteiger partial charge >= 0.3 is 31.1 Å². The monoisotopic (exact) mass is 364 g/mol. The van der Waals surface area contributed by atoms with Crippen LogP contribution >= 0.6 is 0 Å². The van der Waals surface area contributed by atoms with Crippen LogP contribution < -0.4 is 5.73 Å². The van der Waals surface area contributed by atoms with E-state index in [1.165, 1.54) is 0 Å². The Bertz CT molecular complexity index is 58.3. The van der Waals surface area contributed by atoms with E-state index in [4.69, 9.17) is 5.73 Å². The molecule has 0 heterocycles. The van der Waals surface area contributed by atoms with Crippen molar-refractivity contribution in [2.75, 3.05) is 0 Å². The van der Waals surface area contributed by atoms with Crippen molar-refractivity contribution in [3.8, 4) is 0 Å². The molecule has 2 heteroatoms. The van der Waals surface area contributed by atoms with Gasteiger partial charge in [-0.25, -0.2) is 0 Å². The number of hydrogen-bond donors (Lipinski definition) is 1. The molecule has 0 aliphatic heterocycles. The smallest absolute Gasteiger partial charge is 0.485 e. The van der Waals surface area contributed by atoms with Crippen molar-refractivity contribution in [3.63, 3.8) is 0 Å². The van der Waals surface area contributed by atoms with Crippen molar-refractivity contribution in [1.82, 2.24) is 0 Å². The summed E-state index contributed by atoms with van der Waals surface area (Å²) in [6.45, 7) is 9.79. The fraction of sp³-hybridized carbons (Fsp3) is 0.625. The molecule has 1 radical (unpaired) electrons. The molecule has 0 aromatic heterocycles. The van der Waals surface area contributed by atoms with Gasteiger partial charge in [0.2, 0.25) is 0 Å². The Morgan fingerprint density at radius 1 is 1.60 bits per heavy atom. The van der Waals surface area contributed by atoms with E-state index in [1.807, 2.05) is 0 Å². The second kappa shape index (κ2) is 8.11. The molecule has 0 aromatic rings. The largest absolute Gasteiger partial charge is 3.00 e. The zero-order valence-corrected chi connectivity index (χ0v) is 11.0. The summed E-state index contributed by atoms with van der Waals surface area (Å²) in [5, 5.41) is 0. The first kappa shape index (κ1) is 13.6. The van der Waals surface area contributed by atoms with Crippen molar-refractivity contribution in [3.05, 3.63) is 19.9 Å². The third-order valence-corrected chi connectivity index (χ3v) is 1.40. The van der Waals surface area contributed by atoms with Gasteiger partial charge in [-0.2, -0.15) is 0 Å². The second-order valence-electron chi connectivity index (χ2n) is 2.41. The third-order valence-electron chi connectivity index (χ3n) is 1.40. The fourth-order valence-electron chi connectivity index (χ4n) is 0.630. The van der Waals surface area contributed by atoms with Crippen LogP contribution in [0.3, 0.4) is 0 Å². The van der Waals surface area contributed by atoms with Crippen LogP contribution in [0.15, 0.2) is 0 Å². The molecule has 0 aliphatic rings. The van der Waals surface area contributed by atoms with Gasteiger partial charge in [-0.05, 0) is 0 Å². The summed E-state index contributed by atoms with van der Waals surface area (Å²) in [4.78, 5) is 0. The Labute approximate surface area is 88.5 Å². The Hall–Kier alpha value is 1.01. The molecule has 1 nitrogen and oxygen atoms in total. The van der Waals surface area contributed by atoms with Gasteiger partial charge in [-0.1, -0.05) is 6.92 Å². The number of hydrogen-bond acceptors (Lipinski definition) is 1. The van der Waals surface area contributed by atoms with Gasteiger partial charge in [0.05, 0.1) is 0 Å². The zero-order valence-electron chi connectivity index (χ0n) is 6.80. The molecule has 2 atom stereocenters. The minimum absolute atomic E-state index is 0. The minimum atomic E-state index is 0. The predicted octanol–water partition coefficient (Wildman–Crippen LogP) is 1.81. The first-order valence-corrected chi connectivity index (χ1v) is 3.43. The Kier molecular flexibility index (Phi) is 11.0. The molecule has 0 saturated carbocycles. The molecule has 0 saturated heterocycles. The van der Waals surface area contributed by atoms with E-state index < -0.39 is 0 Å². The minimum Gasteiger partial charge on any atom is -0.485 e. The van der Waals surface area contributed by atoms with Crippen LogP contribution in [0.4, 0.5) is 0 Å². The summed E-state index contributed by atoms with van der Waals surface area (Å²) in [5.74, 6) is 0.840. The zero-order chi connectivity index (χ0) is 7.28. The molecular formula is C8H16NU. The van der Waals surface area contributed by atoms with Crippen LogP contribution in [0.2, 0.25) is 0 Å². The molecule has 0 rings (SSSR count). The number of nitrogens with two attached hydrogens (primary N) is 1. The van der Waals surface area contributed by atoms with Crippen molar-refractivity contribution < 1.29 is 31.1 Å². The second-order valence-corrected chi connectivity index (χ2v) is 2.41. The maximum Gasteiger partial charge on any atom is 3.00 e. The van der Waals surface area contributed by atoms with Crippen LogP contribution in [0.5, 0.6) is 0 Å². The normalized spacial score (nSPS) is 15.6. The summed E-state index contributed by atoms with van der Waals surface area (Å²) < 4.78 is 0. The van der Waals surface area contributed by atoms with Crippen molar-refractivity contribution in [1.29, 1.82) is 0 Å².